The van der Waals surface area contributed by atoms with Gasteiger partial charge in [-0.05, 0) is 0 Å². The number of alkyl halides is 2. The molecular weight excluding hydrogens is 591 g/mol. The van der Waals surface area contributed by atoms with Gasteiger partial charge in [0.2, 0.25) is 0 Å². The molecule has 0 aliphatic heterocycles. The first-order valence-electron chi connectivity index (χ1n) is 6.32. The van der Waals surface area contributed by atoms with Crippen molar-refractivity contribution in [3.8, 4) is 0 Å². The van der Waals surface area contributed by atoms with Crippen LogP contribution in [0.2, 0.25) is 0 Å². The summed E-state index contributed by atoms with van der Waals surface area (Å²) in [4.78, 5) is 18.6. The van der Waals surface area contributed by atoms with Crippen LogP contribution in [0.3, 0.4) is 0 Å². The van der Waals surface area contributed by atoms with E-state index in [-0.39, 0.29) is 43.8 Å². The second-order valence-corrected chi connectivity index (χ2v) is 5.38. The number of carboxylic acids is 2. The van der Waals surface area contributed by atoms with Crippen molar-refractivity contribution in [3.63, 3.8) is 0 Å². The van der Waals surface area contributed by atoms with Gasteiger partial charge < -0.3 is 21.7 Å². The van der Waals surface area contributed by atoms with E-state index in [1.807, 2.05) is 0 Å². The van der Waals surface area contributed by atoms with Gasteiger partial charge in [0.1, 0.15) is 10.7 Å². The quantitative estimate of drug-likeness (QED) is 0.456. The standard InChI is InChI=1S/C8H16N2.2C2H3BrO2.Pt/c9-7-5-3-1-2-4-6-8(7)10;2*3-1-2(4)5;/h7-10H,1-6H2;2*1H2,(H,4,5);/q-2;;;+2. The molecule has 0 heterocycles. The third kappa shape index (κ3) is 22.9. The summed E-state index contributed by atoms with van der Waals surface area (Å²) < 4.78 is 0. The second-order valence-electron chi connectivity index (χ2n) is 4.26. The molecule has 1 aliphatic carbocycles. The molecular formula is C12H22Br2N2O4Pt. The number of nitrogens with one attached hydrogen (secondary N) is 2. The van der Waals surface area contributed by atoms with Crippen molar-refractivity contribution in [2.75, 3.05) is 10.7 Å². The van der Waals surface area contributed by atoms with Crippen LogP contribution in [0.1, 0.15) is 38.5 Å². The molecule has 0 saturated heterocycles. The summed E-state index contributed by atoms with van der Waals surface area (Å²) in [7, 11) is 0. The van der Waals surface area contributed by atoms with Crippen LogP contribution >= 0.6 is 31.9 Å². The Kier molecular flexibility index (Phi) is 23.3. The second kappa shape index (κ2) is 18.6. The summed E-state index contributed by atoms with van der Waals surface area (Å²) in [5.41, 5.74) is 15.1. The van der Waals surface area contributed by atoms with Crippen LogP contribution in [0.4, 0.5) is 0 Å². The molecule has 1 fully saturated rings. The van der Waals surface area contributed by atoms with Gasteiger partial charge in [-0.15, -0.1) is 0 Å². The average molecular weight is 613 g/mol. The average Bonchev–Trinajstić information content (AvgIpc) is 2.41. The molecule has 0 aromatic carbocycles. The van der Waals surface area contributed by atoms with E-state index in [4.69, 9.17) is 21.7 Å². The number of carbonyl (C=O) groups is 2. The predicted molar refractivity (Wildman–Crippen MR) is 86.8 cm³/mol. The van der Waals surface area contributed by atoms with Crippen molar-refractivity contribution in [3.05, 3.63) is 11.5 Å². The van der Waals surface area contributed by atoms with E-state index in [0.29, 0.717) is 0 Å². The van der Waals surface area contributed by atoms with Gasteiger partial charge >= 0.3 is 33.0 Å². The first-order valence-corrected chi connectivity index (χ1v) is 8.57. The van der Waals surface area contributed by atoms with E-state index >= 15 is 0 Å². The Morgan fingerprint density at radius 2 is 1.10 bits per heavy atom. The fraction of sp³-hybridized carbons (Fsp3) is 0.833. The van der Waals surface area contributed by atoms with Crippen molar-refractivity contribution in [1.29, 1.82) is 0 Å². The van der Waals surface area contributed by atoms with Crippen LogP contribution in [0.25, 0.3) is 11.5 Å². The largest absolute Gasteiger partial charge is 2.00 e. The van der Waals surface area contributed by atoms with Crippen LogP contribution in [-0.2, 0) is 30.7 Å². The maximum absolute atomic E-state index is 9.32. The van der Waals surface area contributed by atoms with Crippen molar-refractivity contribution in [1.82, 2.24) is 0 Å². The maximum Gasteiger partial charge on any atom is 2.00 e. The Bertz CT molecular complexity index is 248. The fourth-order valence-electron chi connectivity index (χ4n) is 1.48. The molecule has 9 heteroatoms. The molecule has 4 N–H and O–H groups in total. The number of halogens is 2. The fourth-order valence-corrected chi connectivity index (χ4v) is 1.48. The molecule has 0 aromatic rings. The van der Waals surface area contributed by atoms with E-state index in [1.54, 1.807) is 0 Å². The summed E-state index contributed by atoms with van der Waals surface area (Å²) in [6.07, 6.45) is 6.81. The van der Waals surface area contributed by atoms with E-state index in [2.05, 4.69) is 31.9 Å². The Labute approximate surface area is 156 Å². The minimum Gasteiger partial charge on any atom is -0.676 e. The van der Waals surface area contributed by atoms with Crippen molar-refractivity contribution in [2.45, 2.75) is 50.6 Å². The molecule has 0 radical (unpaired) electrons. The predicted octanol–water partition coefficient (Wildman–Crippen LogP) is 4.11. The normalized spacial score (nSPS) is 21.0. The Hall–Kier alpha value is 0.508. The van der Waals surface area contributed by atoms with Gasteiger partial charge in [0.05, 0.1) is 0 Å². The number of hydrogen-bond acceptors (Lipinski definition) is 2. The van der Waals surface area contributed by atoms with Gasteiger partial charge in [-0.25, -0.2) is 0 Å². The molecule has 1 rings (SSSR count). The Balaban J connectivity index is -0.000000254. The van der Waals surface area contributed by atoms with Gasteiger partial charge in [0.25, 0.3) is 0 Å². The summed E-state index contributed by atoms with van der Waals surface area (Å²) in [5.74, 6) is -1.66. The van der Waals surface area contributed by atoms with Crippen LogP contribution in [0, 0.1) is 0 Å². The van der Waals surface area contributed by atoms with Gasteiger partial charge in [0.15, 0.2) is 0 Å². The number of aliphatic carboxylic acids is 2. The van der Waals surface area contributed by atoms with Gasteiger partial charge in [-0.3, -0.25) is 9.59 Å². The van der Waals surface area contributed by atoms with Crippen LogP contribution in [0.5, 0.6) is 0 Å². The summed E-state index contributed by atoms with van der Waals surface area (Å²) in [6, 6.07) is -0.194. The molecule has 2 atom stereocenters. The zero-order valence-electron chi connectivity index (χ0n) is 11.6. The Morgan fingerprint density at radius 1 is 0.857 bits per heavy atom. The number of hydrogen-bond donors (Lipinski definition) is 2. The van der Waals surface area contributed by atoms with Crippen LogP contribution in [-0.4, -0.2) is 44.9 Å². The monoisotopic (exact) mass is 611 g/mol. The first kappa shape index (κ1) is 26.4. The zero-order chi connectivity index (χ0) is 16.0. The Morgan fingerprint density at radius 3 is 1.29 bits per heavy atom. The van der Waals surface area contributed by atoms with E-state index in [0.717, 1.165) is 12.8 Å². The van der Waals surface area contributed by atoms with Crippen LogP contribution in [0.15, 0.2) is 0 Å². The number of carboxylic acid groups (broad SMARTS) is 2. The molecule has 0 amide bonds. The molecule has 0 bridgehead atoms. The van der Waals surface area contributed by atoms with Gasteiger partial charge in [-0.1, -0.05) is 70.4 Å². The molecule has 2 unspecified atom stereocenters. The van der Waals surface area contributed by atoms with Crippen molar-refractivity contribution < 1.29 is 40.9 Å². The molecule has 0 aromatic heterocycles. The van der Waals surface area contributed by atoms with Crippen molar-refractivity contribution >= 4 is 43.8 Å². The first-order chi connectivity index (χ1) is 9.34. The molecule has 21 heavy (non-hydrogen) atoms. The topological polar surface area (TPSA) is 122 Å². The minimum atomic E-state index is -0.829. The van der Waals surface area contributed by atoms with Crippen LogP contribution < -0.4 is 0 Å². The number of rotatable bonds is 2. The van der Waals surface area contributed by atoms with Gasteiger partial charge in [-0.2, -0.15) is 12.1 Å². The molecule has 6 nitrogen and oxygen atoms in total. The van der Waals surface area contributed by atoms with E-state index in [9.17, 15) is 9.59 Å². The summed E-state index contributed by atoms with van der Waals surface area (Å²) in [6.45, 7) is 0. The maximum atomic E-state index is 9.32. The molecule has 0 spiro atoms. The third-order valence-electron chi connectivity index (χ3n) is 2.49. The third-order valence-corrected chi connectivity index (χ3v) is 3.45. The van der Waals surface area contributed by atoms with E-state index < -0.39 is 11.9 Å². The molecule has 128 valence electrons. The van der Waals surface area contributed by atoms with Gasteiger partial charge in [0, 0.05) is 0 Å². The zero-order valence-corrected chi connectivity index (χ0v) is 17.0. The minimum absolute atomic E-state index is 0. The molecule has 1 saturated carbocycles. The summed E-state index contributed by atoms with van der Waals surface area (Å²) in [5, 5.41) is 15.4. The van der Waals surface area contributed by atoms with E-state index in [1.165, 1.54) is 25.7 Å². The SMILES string of the molecule is O=C(O)CBr.O=C(O)CBr.[NH-]C1CCCCCCC1[NH-].[Pt+2]. The summed E-state index contributed by atoms with van der Waals surface area (Å²) >= 11 is 5.43. The smallest absolute Gasteiger partial charge is 0.676 e. The molecule has 1 aliphatic rings. The van der Waals surface area contributed by atoms with Crippen molar-refractivity contribution in [2.24, 2.45) is 0 Å².